The molecule has 0 bridgehead atoms. The van der Waals surface area contributed by atoms with Gasteiger partial charge in [-0.3, -0.25) is 10.1 Å². The van der Waals surface area contributed by atoms with E-state index in [1.807, 2.05) is 6.92 Å². The third kappa shape index (κ3) is 2.94. The molecular formula is C13H15FN2O5. The number of nitrogens with zero attached hydrogens (tertiary/aromatic N) is 2. The van der Waals surface area contributed by atoms with Gasteiger partial charge >= 0.3 is 5.97 Å². The van der Waals surface area contributed by atoms with Gasteiger partial charge in [0.2, 0.25) is 0 Å². The van der Waals surface area contributed by atoms with E-state index in [4.69, 9.17) is 9.84 Å². The highest BCUT2D eigenvalue weighted by Gasteiger charge is 2.31. The number of hydrogen-bond acceptors (Lipinski definition) is 5. The van der Waals surface area contributed by atoms with E-state index in [2.05, 4.69) is 0 Å². The first-order chi connectivity index (χ1) is 9.81. The van der Waals surface area contributed by atoms with Crippen LogP contribution in [0.15, 0.2) is 12.1 Å². The van der Waals surface area contributed by atoms with E-state index < -0.39 is 28.0 Å². The predicted octanol–water partition coefficient (Wildman–Crippen LogP) is 2.05. The Morgan fingerprint density at radius 2 is 2.19 bits per heavy atom. The molecular weight excluding hydrogens is 283 g/mol. The molecule has 1 fully saturated rings. The molecule has 0 spiro atoms. The van der Waals surface area contributed by atoms with Crippen LogP contribution >= 0.6 is 0 Å². The van der Waals surface area contributed by atoms with E-state index in [-0.39, 0.29) is 17.8 Å². The van der Waals surface area contributed by atoms with Gasteiger partial charge < -0.3 is 14.7 Å². The summed E-state index contributed by atoms with van der Waals surface area (Å²) < 4.78 is 19.1. The van der Waals surface area contributed by atoms with Gasteiger partial charge in [-0.05, 0) is 19.9 Å². The summed E-state index contributed by atoms with van der Waals surface area (Å²) in [5, 5.41) is 20.1. The van der Waals surface area contributed by atoms with Crippen molar-refractivity contribution in [2.24, 2.45) is 0 Å². The first-order valence-corrected chi connectivity index (χ1v) is 6.40. The molecule has 0 saturated carbocycles. The second-order valence-electron chi connectivity index (χ2n) is 5.03. The smallest absolute Gasteiger partial charge is 0.338 e. The minimum atomic E-state index is -1.46. The third-order valence-electron chi connectivity index (χ3n) is 3.41. The van der Waals surface area contributed by atoms with Crippen LogP contribution in [0.2, 0.25) is 0 Å². The SMILES string of the molecule is CC1CN(c2cc(C(=O)O)c(F)cc2[N+](=O)[O-])C(C)CO1. The summed E-state index contributed by atoms with van der Waals surface area (Å²) in [5.41, 5.74) is -0.929. The van der Waals surface area contributed by atoms with Crippen LogP contribution in [0.3, 0.4) is 0 Å². The highest BCUT2D eigenvalue weighted by atomic mass is 19.1. The van der Waals surface area contributed by atoms with Crippen molar-refractivity contribution in [2.45, 2.75) is 26.0 Å². The summed E-state index contributed by atoms with van der Waals surface area (Å²) in [5.74, 6) is -2.58. The van der Waals surface area contributed by atoms with Gasteiger partial charge in [0.1, 0.15) is 11.5 Å². The number of ether oxygens (including phenoxy) is 1. The normalized spacial score (nSPS) is 22.1. The van der Waals surface area contributed by atoms with Gasteiger partial charge in [-0.15, -0.1) is 0 Å². The molecule has 0 aliphatic carbocycles. The fourth-order valence-corrected chi connectivity index (χ4v) is 2.33. The molecule has 1 aliphatic rings. The standard InChI is InChI=1S/C13H15FN2O5/c1-7-6-21-8(2)5-15(7)11-3-9(13(17)18)10(14)4-12(11)16(19)20/h3-4,7-8H,5-6H2,1-2H3,(H,17,18). The van der Waals surface area contributed by atoms with Gasteiger partial charge in [0.25, 0.3) is 5.69 Å². The zero-order valence-electron chi connectivity index (χ0n) is 11.6. The molecule has 1 aliphatic heterocycles. The summed E-state index contributed by atoms with van der Waals surface area (Å²) in [6.07, 6.45) is -0.154. The van der Waals surface area contributed by atoms with E-state index in [9.17, 15) is 19.3 Å². The van der Waals surface area contributed by atoms with Crippen molar-refractivity contribution in [1.29, 1.82) is 0 Å². The number of carboxylic acid groups (broad SMARTS) is 1. The molecule has 0 amide bonds. The summed E-state index contributed by atoms with van der Waals surface area (Å²) in [6.45, 7) is 4.34. The van der Waals surface area contributed by atoms with Crippen LogP contribution in [0.1, 0.15) is 24.2 Å². The van der Waals surface area contributed by atoms with E-state index in [1.54, 1.807) is 11.8 Å². The van der Waals surface area contributed by atoms with Gasteiger partial charge in [0, 0.05) is 12.6 Å². The zero-order valence-corrected chi connectivity index (χ0v) is 11.6. The van der Waals surface area contributed by atoms with Gasteiger partial charge in [-0.2, -0.15) is 0 Å². The topological polar surface area (TPSA) is 92.9 Å². The van der Waals surface area contributed by atoms with Gasteiger partial charge in [-0.1, -0.05) is 0 Å². The van der Waals surface area contributed by atoms with Gasteiger partial charge in [0.05, 0.1) is 29.3 Å². The maximum Gasteiger partial charge on any atom is 0.338 e. The first-order valence-electron chi connectivity index (χ1n) is 6.40. The predicted molar refractivity (Wildman–Crippen MR) is 72.2 cm³/mol. The molecule has 1 aromatic carbocycles. The number of rotatable bonds is 3. The van der Waals surface area contributed by atoms with Crippen molar-refractivity contribution in [1.82, 2.24) is 0 Å². The third-order valence-corrected chi connectivity index (χ3v) is 3.41. The fourth-order valence-electron chi connectivity index (χ4n) is 2.33. The number of carboxylic acids is 1. The highest BCUT2D eigenvalue weighted by molar-refractivity contribution is 5.90. The number of hydrogen-bond donors (Lipinski definition) is 1. The second kappa shape index (κ2) is 5.65. The number of nitro groups is 1. The molecule has 2 rings (SSSR count). The summed E-state index contributed by atoms with van der Waals surface area (Å²) >= 11 is 0. The average Bonchev–Trinajstić information content (AvgIpc) is 2.41. The van der Waals surface area contributed by atoms with Crippen molar-refractivity contribution in [3.05, 3.63) is 33.6 Å². The Balaban J connectivity index is 2.56. The maximum atomic E-state index is 13.7. The fraction of sp³-hybridized carbons (Fsp3) is 0.462. The number of morpholine rings is 1. The van der Waals surface area contributed by atoms with E-state index in [0.717, 1.165) is 6.07 Å². The first kappa shape index (κ1) is 15.2. The molecule has 0 radical (unpaired) electrons. The van der Waals surface area contributed by atoms with Crippen LogP contribution in [-0.4, -0.2) is 41.3 Å². The molecule has 0 aromatic heterocycles. The largest absolute Gasteiger partial charge is 0.478 e. The molecule has 2 unspecified atom stereocenters. The van der Waals surface area contributed by atoms with Crippen LogP contribution in [0.4, 0.5) is 15.8 Å². The van der Waals surface area contributed by atoms with Crippen molar-refractivity contribution >= 4 is 17.3 Å². The van der Waals surface area contributed by atoms with Crippen LogP contribution in [0.25, 0.3) is 0 Å². The van der Waals surface area contributed by atoms with Crippen LogP contribution < -0.4 is 4.90 Å². The molecule has 21 heavy (non-hydrogen) atoms. The number of halogens is 1. The van der Waals surface area contributed by atoms with Crippen LogP contribution in [-0.2, 0) is 4.74 Å². The molecule has 7 nitrogen and oxygen atoms in total. The van der Waals surface area contributed by atoms with Crippen molar-refractivity contribution in [2.75, 3.05) is 18.1 Å². The lowest BCUT2D eigenvalue weighted by Crippen LogP contribution is -2.47. The Morgan fingerprint density at radius 1 is 1.52 bits per heavy atom. The van der Waals surface area contributed by atoms with Crippen LogP contribution in [0, 0.1) is 15.9 Å². The monoisotopic (exact) mass is 298 g/mol. The lowest BCUT2D eigenvalue weighted by molar-refractivity contribution is -0.384. The number of nitro benzene ring substituents is 1. The Kier molecular flexibility index (Phi) is 4.08. The Labute approximate surface area is 120 Å². The summed E-state index contributed by atoms with van der Waals surface area (Å²) in [4.78, 5) is 23.1. The van der Waals surface area contributed by atoms with E-state index in [1.165, 1.54) is 0 Å². The average molecular weight is 298 g/mol. The van der Waals surface area contributed by atoms with Gasteiger partial charge in [0.15, 0.2) is 0 Å². The Bertz CT molecular complexity index is 592. The van der Waals surface area contributed by atoms with E-state index in [0.29, 0.717) is 19.2 Å². The molecule has 2 atom stereocenters. The minimum absolute atomic E-state index is 0.0986. The summed E-state index contributed by atoms with van der Waals surface area (Å²) in [6, 6.07) is 1.50. The van der Waals surface area contributed by atoms with Crippen molar-refractivity contribution in [3.63, 3.8) is 0 Å². The molecule has 1 aromatic rings. The number of carbonyl (C=O) groups is 1. The quantitative estimate of drug-likeness (QED) is 0.678. The summed E-state index contributed by atoms with van der Waals surface area (Å²) in [7, 11) is 0. The van der Waals surface area contributed by atoms with Crippen LogP contribution in [0.5, 0.6) is 0 Å². The number of aromatic carboxylic acids is 1. The minimum Gasteiger partial charge on any atom is -0.478 e. The Morgan fingerprint density at radius 3 is 2.76 bits per heavy atom. The number of anilines is 1. The van der Waals surface area contributed by atoms with Crippen molar-refractivity contribution in [3.8, 4) is 0 Å². The molecule has 1 N–H and O–H groups in total. The lowest BCUT2D eigenvalue weighted by Gasteiger charge is -2.38. The highest BCUT2D eigenvalue weighted by Crippen LogP contribution is 2.34. The van der Waals surface area contributed by atoms with Gasteiger partial charge in [-0.25, -0.2) is 9.18 Å². The molecule has 1 saturated heterocycles. The lowest BCUT2D eigenvalue weighted by atomic mass is 10.1. The molecule has 114 valence electrons. The molecule has 1 heterocycles. The molecule has 8 heteroatoms. The zero-order chi connectivity index (χ0) is 15.7. The number of benzene rings is 1. The maximum absolute atomic E-state index is 13.7. The Hall–Kier alpha value is -2.22. The van der Waals surface area contributed by atoms with E-state index >= 15 is 0 Å². The second-order valence-corrected chi connectivity index (χ2v) is 5.03. The van der Waals surface area contributed by atoms with Crippen molar-refractivity contribution < 1.29 is 24.0 Å².